The van der Waals surface area contributed by atoms with Crippen LogP contribution in [0.1, 0.15) is 251 Å². The van der Waals surface area contributed by atoms with Crippen molar-refractivity contribution in [2.75, 3.05) is 0 Å². The van der Waals surface area contributed by atoms with Crippen LogP contribution in [0.2, 0.25) is 63.4 Å². The van der Waals surface area contributed by atoms with Crippen LogP contribution in [0.3, 0.4) is 0 Å². The van der Waals surface area contributed by atoms with Gasteiger partial charge in [-0.3, -0.25) is 0 Å². The molecule has 0 aliphatic heterocycles. The molecule has 8 aliphatic rings. The molecule has 0 amide bonds. The van der Waals surface area contributed by atoms with Gasteiger partial charge in [-0.15, -0.1) is 0 Å². The minimum absolute atomic E-state index is 0.520. The lowest BCUT2D eigenvalue weighted by Crippen LogP contribution is -2.35. The van der Waals surface area contributed by atoms with E-state index in [1.165, 1.54) is 61.9 Å². The van der Waals surface area contributed by atoms with Crippen LogP contribution in [0.25, 0.3) is 0 Å². The van der Waals surface area contributed by atoms with Crippen molar-refractivity contribution in [3.63, 3.8) is 0 Å². The molecule has 8 rings (SSSR count). The molecule has 0 heterocycles. The summed E-state index contributed by atoms with van der Waals surface area (Å²) >= 11 is -2.81. The quantitative estimate of drug-likeness (QED) is 0.0607. The topological polar surface area (TPSA) is 0 Å². The van der Waals surface area contributed by atoms with Crippen LogP contribution in [0, 0.1) is 142 Å². The summed E-state index contributed by atoms with van der Waals surface area (Å²) in [6.07, 6.45) is 37.7. The van der Waals surface area contributed by atoms with E-state index in [0.29, 0.717) is 0 Å². The van der Waals surface area contributed by atoms with E-state index in [9.17, 15) is 0 Å². The number of hydrogen-bond acceptors (Lipinski definition) is 0. The second-order valence-electron chi connectivity index (χ2n) is 32.3. The Balaban J connectivity index is 0.863. The average Bonchev–Trinajstić information content (AvgIpc) is 4.24. The Kier molecular flexibility index (Phi) is 27.4. The normalized spacial score (nSPS) is 39.9. The van der Waals surface area contributed by atoms with E-state index in [2.05, 4.69) is 96.9 Å². The summed E-state index contributed by atoms with van der Waals surface area (Å²) in [7, 11) is 0. The summed E-state index contributed by atoms with van der Waals surface area (Å²) in [4.78, 5) is 0. The molecule has 0 aromatic rings. The molecule has 8 fully saturated rings. The van der Waals surface area contributed by atoms with Crippen molar-refractivity contribution in [1.82, 2.24) is 0 Å². The van der Waals surface area contributed by atoms with E-state index < -0.39 is 56.6 Å². The maximum absolute atomic E-state index is 2.71. The lowest BCUT2D eigenvalue weighted by molar-refractivity contribution is 0.118. The zero-order chi connectivity index (χ0) is 55.6. The first-order valence-electron chi connectivity index (χ1n) is 37.9. The summed E-state index contributed by atoms with van der Waals surface area (Å²) in [6.45, 7) is 36.6. The first-order chi connectivity index (χ1) is 37.9. The van der Waals surface area contributed by atoms with Gasteiger partial charge in [0.05, 0.1) is 0 Å². The van der Waals surface area contributed by atoms with Crippen molar-refractivity contribution >= 4 is 56.6 Å². The molecule has 24 atom stereocenters. The lowest BCUT2D eigenvalue weighted by Gasteiger charge is -2.42. The molecule has 0 radical (unpaired) electrons. The second-order valence-corrected chi connectivity index (χ2v) is 46.6. The van der Waals surface area contributed by atoms with Crippen LogP contribution in [0.15, 0.2) is 0 Å². The van der Waals surface area contributed by atoms with E-state index in [4.69, 9.17) is 0 Å². The maximum Gasteiger partial charge on any atom is 0.262 e. The monoisotopic (exact) mass is 1140 g/mol. The third-order valence-corrected chi connectivity index (χ3v) is 44.3. The molecule has 8 aliphatic carbocycles. The Labute approximate surface area is 508 Å². The minimum Gasteiger partial charge on any atom is -0.0967 e. The smallest absolute Gasteiger partial charge is 0.0967 e. The molecular weight excluding hydrogens is 997 g/mol. The van der Waals surface area contributed by atoms with Gasteiger partial charge in [-0.2, -0.15) is 0 Å². The minimum atomic E-state index is -0.790. The first-order valence-corrected chi connectivity index (χ1v) is 47.7. The third kappa shape index (κ3) is 15.7. The zero-order valence-corrected chi connectivity index (χ0v) is 60.2. The van der Waals surface area contributed by atoms with Crippen LogP contribution in [-0.2, 0) is 0 Å². The van der Waals surface area contributed by atoms with Crippen LogP contribution < -0.4 is 0 Å². The Morgan fingerprint density at radius 1 is 0.269 bits per heavy atom. The number of hydrogen-bond donors (Lipinski definition) is 0. The molecule has 0 saturated heterocycles. The van der Waals surface area contributed by atoms with Crippen molar-refractivity contribution in [3.05, 3.63) is 0 Å². The Bertz CT molecular complexity index is 1680. The standard InChI is InChI=1S/C16H29.3C16H28.5C2H5.4Al/c4*1-5-11(3)14-7-8-15-13(6-2)9-12(4)16(15)10-14;5*1-2;;;;/h11-16H,3,5-10H2,1-2,4H3;3*11-16H,3-10H2,1-2H3;5*1H2,2H3;;;;. The Hall–Kier alpha value is 2.13. The van der Waals surface area contributed by atoms with Crippen LogP contribution in [0.4, 0.5) is 0 Å². The summed E-state index contributed by atoms with van der Waals surface area (Å²) in [5.41, 5.74) is 0. The molecule has 4 heteroatoms. The van der Waals surface area contributed by atoms with Crippen molar-refractivity contribution in [2.45, 2.75) is 314 Å². The van der Waals surface area contributed by atoms with Gasteiger partial charge in [-0.05, 0) is 221 Å². The summed E-state index contributed by atoms with van der Waals surface area (Å²) in [5.74, 6) is 25.8. The lowest BCUT2D eigenvalue weighted by atomic mass is 9.67. The summed E-state index contributed by atoms with van der Waals surface area (Å²) < 4.78 is 0. The van der Waals surface area contributed by atoms with Crippen LogP contribution in [0.5, 0.6) is 0 Å². The highest BCUT2D eigenvalue weighted by molar-refractivity contribution is 6.59. The summed E-state index contributed by atoms with van der Waals surface area (Å²) in [5, 5.41) is 19.9. The van der Waals surface area contributed by atoms with Gasteiger partial charge in [0.1, 0.15) is 0 Å². The van der Waals surface area contributed by atoms with Crippen molar-refractivity contribution in [1.29, 1.82) is 0 Å². The van der Waals surface area contributed by atoms with Gasteiger partial charge in [-0.25, -0.2) is 0 Å². The van der Waals surface area contributed by atoms with Gasteiger partial charge in [0.2, 0.25) is 0 Å². The van der Waals surface area contributed by atoms with Gasteiger partial charge in [0.15, 0.2) is 0 Å². The predicted octanol–water partition coefficient (Wildman–Crippen LogP) is 23.5. The first kappa shape index (κ1) is 66.1. The van der Waals surface area contributed by atoms with Crippen molar-refractivity contribution in [2.24, 2.45) is 142 Å². The molecular formula is C74H138Al4. The zero-order valence-electron chi connectivity index (χ0n) is 55.6. The molecule has 0 bridgehead atoms. The molecule has 0 N–H and O–H groups in total. The summed E-state index contributed by atoms with van der Waals surface area (Å²) in [6, 6.07) is 0. The highest BCUT2D eigenvalue weighted by atomic mass is 27.2. The van der Waals surface area contributed by atoms with Crippen molar-refractivity contribution in [3.8, 4) is 0 Å². The predicted molar refractivity (Wildman–Crippen MR) is 355 cm³/mol. The molecule has 0 nitrogen and oxygen atoms in total. The number of rotatable bonds is 31. The fourth-order valence-corrected chi connectivity index (χ4v) is 39.1. The largest absolute Gasteiger partial charge is 0.262 e. The fourth-order valence-electron chi connectivity index (χ4n) is 24.8. The van der Waals surface area contributed by atoms with Crippen LogP contribution >= 0.6 is 0 Å². The van der Waals surface area contributed by atoms with Crippen molar-refractivity contribution < 1.29 is 0 Å². The average molecular weight is 1140 g/mol. The third-order valence-electron chi connectivity index (χ3n) is 29.6. The van der Waals surface area contributed by atoms with Gasteiger partial charge in [-0.1, -0.05) is 235 Å². The van der Waals surface area contributed by atoms with E-state index in [0.717, 1.165) is 142 Å². The van der Waals surface area contributed by atoms with E-state index >= 15 is 0 Å². The molecule has 78 heavy (non-hydrogen) atoms. The fraction of sp³-hybridized carbons (Fsp3) is 1.00. The molecule has 0 aromatic carbocycles. The molecule has 0 aromatic heterocycles. The highest BCUT2D eigenvalue weighted by Crippen LogP contribution is 2.60. The van der Waals surface area contributed by atoms with Gasteiger partial charge in [0, 0.05) is 0 Å². The van der Waals surface area contributed by atoms with Gasteiger partial charge in [0.25, 0.3) is 56.6 Å². The Morgan fingerprint density at radius 2 is 0.526 bits per heavy atom. The molecule has 446 valence electrons. The SMILES string of the molecule is CCC([CH2][Al]([CH2]C)[CH2]C)C1CCC2C(CC)CC([CH2][Al]([CH2]C)[CH2]C(CC)C3CCC4C(CC)CC([CH2][Al]([CH2]C)[CH2]C(CC)C5CCC6C(CC)CC([CH2][Al]([CH2]C)[CH2]C(CC)C7CCC8C(CC)CC(C)C8C7)C6C5)C4C3)C2C1. The second kappa shape index (κ2) is 32.4. The van der Waals surface area contributed by atoms with Gasteiger partial charge < -0.3 is 0 Å². The molecule has 8 saturated carbocycles. The van der Waals surface area contributed by atoms with E-state index in [1.807, 2.05) is 0 Å². The van der Waals surface area contributed by atoms with Crippen LogP contribution in [-0.4, -0.2) is 56.6 Å². The van der Waals surface area contributed by atoms with Gasteiger partial charge >= 0.3 is 0 Å². The molecule has 24 unspecified atom stereocenters. The highest BCUT2D eigenvalue weighted by Gasteiger charge is 2.52. The molecule has 0 spiro atoms. The number of fused-ring (bicyclic) bond motifs is 4. The maximum atomic E-state index is 2.71. The Morgan fingerprint density at radius 3 is 0.795 bits per heavy atom. The van der Waals surface area contributed by atoms with E-state index in [1.54, 1.807) is 156 Å². The van der Waals surface area contributed by atoms with E-state index in [-0.39, 0.29) is 0 Å².